The number of rotatable bonds is 6. The smallest absolute Gasteiger partial charge is 0.265 e. The topological polar surface area (TPSA) is 110 Å². The maximum atomic E-state index is 12.4. The lowest BCUT2D eigenvalue weighted by molar-refractivity contribution is 0.0981. The zero-order valence-electron chi connectivity index (χ0n) is 14.6. The molecule has 27 heavy (non-hydrogen) atoms. The number of methoxy groups -OCH3 is 1. The first-order chi connectivity index (χ1) is 12.5. The van der Waals surface area contributed by atoms with Gasteiger partial charge >= 0.3 is 0 Å². The molecule has 0 unspecified atom stereocenters. The van der Waals surface area contributed by atoms with Gasteiger partial charge in [-0.25, -0.2) is 25.9 Å². The highest BCUT2D eigenvalue weighted by atomic mass is 79.9. The first-order valence-electron chi connectivity index (χ1n) is 7.42. The number of benzene rings is 2. The molecule has 0 bridgehead atoms. The third kappa shape index (κ3) is 4.67. The number of amides is 1. The van der Waals surface area contributed by atoms with E-state index in [9.17, 15) is 21.6 Å². The molecule has 1 amide bonds. The van der Waals surface area contributed by atoms with Gasteiger partial charge in [-0.2, -0.15) is 0 Å². The lowest BCUT2D eigenvalue weighted by atomic mass is 10.2. The second kappa shape index (κ2) is 7.97. The van der Waals surface area contributed by atoms with E-state index in [2.05, 4.69) is 15.9 Å². The van der Waals surface area contributed by atoms with Crippen molar-refractivity contribution < 1.29 is 26.4 Å². The molecule has 0 atom stereocenters. The summed E-state index contributed by atoms with van der Waals surface area (Å²) in [6.07, 6.45) is 0. The van der Waals surface area contributed by atoms with Crippen molar-refractivity contribution in [1.82, 2.24) is 9.03 Å². The van der Waals surface area contributed by atoms with E-state index in [0.29, 0.717) is 5.75 Å². The van der Waals surface area contributed by atoms with Crippen molar-refractivity contribution in [3.05, 3.63) is 52.5 Å². The molecule has 0 aliphatic rings. The summed E-state index contributed by atoms with van der Waals surface area (Å²) in [5.74, 6) is -0.645. The lowest BCUT2D eigenvalue weighted by Gasteiger charge is -2.14. The van der Waals surface area contributed by atoms with Crippen LogP contribution in [0.4, 0.5) is 0 Å². The maximum Gasteiger partial charge on any atom is 0.265 e. The predicted octanol–water partition coefficient (Wildman–Crippen LogP) is 1.83. The molecule has 11 heteroatoms. The summed E-state index contributed by atoms with van der Waals surface area (Å²) in [6, 6.07) is 9.39. The van der Waals surface area contributed by atoms with Crippen LogP contribution in [0.3, 0.4) is 0 Å². The van der Waals surface area contributed by atoms with E-state index in [1.807, 2.05) is 4.72 Å². The molecule has 1 N–H and O–H groups in total. The summed E-state index contributed by atoms with van der Waals surface area (Å²) in [5.41, 5.74) is -0.120. The Labute approximate surface area is 166 Å². The summed E-state index contributed by atoms with van der Waals surface area (Å²) in [4.78, 5) is 12.1. The van der Waals surface area contributed by atoms with Crippen LogP contribution < -0.4 is 9.46 Å². The fourth-order valence-corrected chi connectivity index (χ4v) is 4.90. The van der Waals surface area contributed by atoms with Crippen molar-refractivity contribution in [1.29, 1.82) is 0 Å². The van der Waals surface area contributed by atoms with Crippen molar-refractivity contribution in [2.75, 3.05) is 21.2 Å². The molecule has 0 aromatic heterocycles. The van der Waals surface area contributed by atoms with Gasteiger partial charge in [-0.05, 0) is 46.3 Å². The zero-order chi connectivity index (χ0) is 20.4. The molecule has 0 radical (unpaired) electrons. The molecule has 0 saturated carbocycles. The quantitative estimate of drug-likeness (QED) is 0.680. The number of sulfonamides is 2. The standard InChI is InChI=1S/C16H17BrN2O6S2/c1-19(2)27(23,24)15-9-11(7-8-14(15)17)16(20)18-26(21,22)13-6-4-5-12(10-13)25-3/h4-10H,1-3H3,(H,18,20). The van der Waals surface area contributed by atoms with Gasteiger partial charge in [0.25, 0.3) is 15.9 Å². The number of ether oxygens (including phenoxy) is 1. The Morgan fingerprint density at radius 3 is 2.33 bits per heavy atom. The maximum absolute atomic E-state index is 12.4. The number of halogens is 1. The van der Waals surface area contributed by atoms with Crippen LogP contribution in [0.2, 0.25) is 0 Å². The molecule has 0 heterocycles. The Balaban J connectivity index is 2.38. The minimum Gasteiger partial charge on any atom is -0.497 e. The third-order valence-corrected chi connectivity index (χ3v) is 7.67. The summed E-state index contributed by atoms with van der Waals surface area (Å²) in [7, 11) is -3.91. The Hall–Kier alpha value is -1.95. The van der Waals surface area contributed by atoms with E-state index in [1.165, 1.54) is 51.5 Å². The fraction of sp³-hybridized carbons (Fsp3) is 0.188. The first-order valence-corrected chi connectivity index (χ1v) is 11.1. The number of hydrogen-bond donors (Lipinski definition) is 1. The van der Waals surface area contributed by atoms with Crippen LogP contribution in [0, 0.1) is 0 Å². The Kier molecular flexibility index (Phi) is 6.30. The summed E-state index contributed by atoms with van der Waals surface area (Å²) in [5, 5.41) is 0. The largest absolute Gasteiger partial charge is 0.497 e. The average Bonchev–Trinajstić information content (AvgIpc) is 2.61. The van der Waals surface area contributed by atoms with Gasteiger partial charge < -0.3 is 4.74 Å². The monoisotopic (exact) mass is 476 g/mol. The number of carbonyl (C=O) groups excluding carboxylic acids is 1. The van der Waals surface area contributed by atoms with Gasteiger partial charge in [-0.1, -0.05) is 6.07 Å². The van der Waals surface area contributed by atoms with Gasteiger partial charge in [-0.15, -0.1) is 0 Å². The predicted molar refractivity (Wildman–Crippen MR) is 103 cm³/mol. The van der Waals surface area contributed by atoms with E-state index in [4.69, 9.17) is 4.74 Å². The Bertz CT molecular complexity index is 1080. The van der Waals surface area contributed by atoms with Crippen molar-refractivity contribution in [2.24, 2.45) is 0 Å². The molecule has 8 nitrogen and oxygen atoms in total. The molecular formula is C16H17BrN2O6S2. The minimum absolute atomic E-state index is 0.120. The van der Waals surface area contributed by atoms with Gasteiger partial charge in [0, 0.05) is 30.2 Å². The van der Waals surface area contributed by atoms with Gasteiger partial charge in [0.05, 0.1) is 16.9 Å². The fourth-order valence-electron chi connectivity index (χ4n) is 2.05. The highest BCUT2D eigenvalue weighted by molar-refractivity contribution is 9.10. The van der Waals surface area contributed by atoms with Crippen molar-refractivity contribution in [3.8, 4) is 5.75 Å². The summed E-state index contributed by atoms with van der Waals surface area (Å²) >= 11 is 3.13. The van der Waals surface area contributed by atoms with Crippen LogP contribution in [-0.4, -0.2) is 48.3 Å². The molecule has 0 aliphatic carbocycles. The number of nitrogens with zero attached hydrogens (tertiary/aromatic N) is 1. The normalized spacial score (nSPS) is 12.0. The zero-order valence-corrected chi connectivity index (χ0v) is 17.9. The SMILES string of the molecule is COc1cccc(S(=O)(=O)NC(=O)c2ccc(Br)c(S(=O)(=O)N(C)C)c2)c1. The lowest BCUT2D eigenvalue weighted by Crippen LogP contribution is -2.31. The van der Waals surface area contributed by atoms with Gasteiger partial charge in [0.15, 0.2) is 0 Å². The van der Waals surface area contributed by atoms with E-state index < -0.39 is 26.0 Å². The molecule has 2 aromatic carbocycles. The van der Waals surface area contributed by atoms with Crippen LogP contribution in [0.25, 0.3) is 0 Å². The van der Waals surface area contributed by atoms with Crippen molar-refractivity contribution in [3.63, 3.8) is 0 Å². The summed E-state index contributed by atoms with van der Waals surface area (Å²) < 4.78 is 57.6. The minimum atomic E-state index is -4.17. The second-order valence-electron chi connectivity index (χ2n) is 5.55. The van der Waals surface area contributed by atoms with Crippen LogP contribution in [-0.2, 0) is 20.0 Å². The van der Waals surface area contributed by atoms with Gasteiger partial charge in [0.2, 0.25) is 10.0 Å². The van der Waals surface area contributed by atoms with Gasteiger partial charge in [0.1, 0.15) is 5.75 Å². The Morgan fingerprint density at radius 1 is 1.07 bits per heavy atom. The molecule has 2 rings (SSSR count). The second-order valence-corrected chi connectivity index (χ2v) is 10.2. The highest BCUT2D eigenvalue weighted by Gasteiger charge is 2.24. The highest BCUT2D eigenvalue weighted by Crippen LogP contribution is 2.25. The number of nitrogens with one attached hydrogen (secondary N) is 1. The van der Waals surface area contributed by atoms with E-state index in [-0.39, 0.29) is 19.8 Å². The molecule has 146 valence electrons. The van der Waals surface area contributed by atoms with E-state index in [1.54, 1.807) is 6.07 Å². The van der Waals surface area contributed by atoms with Crippen molar-refractivity contribution in [2.45, 2.75) is 9.79 Å². The van der Waals surface area contributed by atoms with Crippen LogP contribution in [0.1, 0.15) is 10.4 Å². The van der Waals surface area contributed by atoms with Crippen LogP contribution in [0.15, 0.2) is 56.7 Å². The van der Waals surface area contributed by atoms with E-state index in [0.717, 1.165) is 10.4 Å². The first kappa shape index (κ1) is 21.4. The summed E-state index contributed by atoms with van der Waals surface area (Å²) in [6.45, 7) is 0. The molecule has 0 fully saturated rings. The Morgan fingerprint density at radius 2 is 1.74 bits per heavy atom. The van der Waals surface area contributed by atoms with Gasteiger partial charge in [-0.3, -0.25) is 4.79 Å². The molecular weight excluding hydrogens is 460 g/mol. The molecule has 0 saturated heterocycles. The molecule has 0 aliphatic heterocycles. The van der Waals surface area contributed by atoms with E-state index >= 15 is 0 Å². The third-order valence-electron chi connectivity index (χ3n) is 3.53. The average molecular weight is 477 g/mol. The van der Waals surface area contributed by atoms with Crippen molar-refractivity contribution >= 4 is 41.9 Å². The molecule has 2 aromatic rings. The number of hydrogen-bond acceptors (Lipinski definition) is 6. The van der Waals surface area contributed by atoms with Crippen LogP contribution >= 0.6 is 15.9 Å². The number of carbonyl (C=O) groups is 1. The molecule has 0 spiro atoms. The van der Waals surface area contributed by atoms with Crippen LogP contribution in [0.5, 0.6) is 5.75 Å².